The van der Waals surface area contributed by atoms with Crippen molar-refractivity contribution >= 4 is 40.7 Å². The lowest BCUT2D eigenvalue weighted by Crippen LogP contribution is -2.01. The molecule has 2 rings (SSSR count). The standard InChI is InChI=1S/C11H10Cl2N4/c1-6-7(12)3-2-4-8(6)15-10-5-9(13)16-11(14)17-10/h2-5H,1H3,(H3,14,15,16,17). The molecular weight excluding hydrogens is 259 g/mol. The number of halogens is 2. The van der Waals surface area contributed by atoms with Gasteiger partial charge in [0.25, 0.3) is 0 Å². The third-order valence-electron chi connectivity index (χ3n) is 2.24. The lowest BCUT2D eigenvalue weighted by atomic mass is 10.2. The predicted octanol–water partition coefficient (Wildman–Crippen LogP) is 3.42. The van der Waals surface area contributed by atoms with E-state index < -0.39 is 0 Å². The van der Waals surface area contributed by atoms with Gasteiger partial charge in [0.15, 0.2) is 0 Å². The van der Waals surface area contributed by atoms with Gasteiger partial charge < -0.3 is 11.1 Å². The van der Waals surface area contributed by atoms with E-state index in [4.69, 9.17) is 28.9 Å². The van der Waals surface area contributed by atoms with E-state index in [1.807, 2.05) is 25.1 Å². The molecule has 0 saturated carbocycles. The molecule has 0 unspecified atom stereocenters. The first-order valence-corrected chi connectivity index (χ1v) is 5.64. The van der Waals surface area contributed by atoms with E-state index in [2.05, 4.69) is 15.3 Å². The van der Waals surface area contributed by atoms with Gasteiger partial charge in [-0.15, -0.1) is 0 Å². The maximum absolute atomic E-state index is 6.02. The van der Waals surface area contributed by atoms with Crippen LogP contribution < -0.4 is 11.1 Å². The summed E-state index contributed by atoms with van der Waals surface area (Å²) in [4.78, 5) is 7.81. The van der Waals surface area contributed by atoms with Crippen LogP contribution in [0.2, 0.25) is 10.2 Å². The monoisotopic (exact) mass is 268 g/mol. The third-order valence-corrected chi connectivity index (χ3v) is 2.85. The molecule has 0 aliphatic rings. The lowest BCUT2D eigenvalue weighted by molar-refractivity contribution is 1.18. The van der Waals surface area contributed by atoms with Crippen LogP contribution in [0.15, 0.2) is 24.3 Å². The summed E-state index contributed by atoms with van der Waals surface area (Å²) in [5, 5.41) is 4.07. The zero-order valence-electron chi connectivity index (χ0n) is 9.04. The summed E-state index contributed by atoms with van der Waals surface area (Å²) in [6.07, 6.45) is 0. The number of anilines is 3. The molecule has 2 aromatic rings. The first-order chi connectivity index (χ1) is 8.06. The zero-order valence-corrected chi connectivity index (χ0v) is 10.5. The highest BCUT2D eigenvalue weighted by Crippen LogP contribution is 2.26. The Morgan fingerprint density at radius 2 is 2.00 bits per heavy atom. The minimum atomic E-state index is 0.125. The summed E-state index contributed by atoms with van der Waals surface area (Å²) in [7, 11) is 0. The SMILES string of the molecule is Cc1c(Cl)cccc1Nc1cc(Cl)nc(N)n1. The molecule has 0 saturated heterocycles. The molecular formula is C11H10Cl2N4. The largest absolute Gasteiger partial charge is 0.368 e. The minimum absolute atomic E-state index is 0.125. The van der Waals surface area contributed by atoms with Crippen molar-refractivity contribution in [3.05, 3.63) is 40.0 Å². The highest BCUT2D eigenvalue weighted by atomic mass is 35.5. The normalized spacial score (nSPS) is 10.3. The molecule has 0 fully saturated rings. The highest BCUT2D eigenvalue weighted by molar-refractivity contribution is 6.31. The van der Waals surface area contributed by atoms with Crippen LogP contribution in [-0.4, -0.2) is 9.97 Å². The Morgan fingerprint density at radius 3 is 2.71 bits per heavy atom. The maximum Gasteiger partial charge on any atom is 0.223 e. The van der Waals surface area contributed by atoms with Gasteiger partial charge in [0.1, 0.15) is 11.0 Å². The van der Waals surface area contributed by atoms with Gasteiger partial charge in [-0.25, -0.2) is 4.98 Å². The van der Waals surface area contributed by atoms with E-state index >= 15 is 0 Å². The molecule has 0 atom stereocenters. The van der Waals surface area contributed by atoms with E-state index in [0.29, 0.717) is 16.0 Å². The Kier molecular flexibility index (Phi) is 3.36. The van der Waals surface area contributed by atoms with Crippen molar-refractivity contribution in [1.82, 2.24) is 9.97 Å². The summed E-state index contributed by atoms with van der Waals surface area (Å²) in [5.74, 6) is 0.660. The molecule has 0 radical (unpaired) electrons. The topological polar surface area (TPSA) is 63.8 Å². The summed E-state index contributed by atoms with van der Waals surface area (Å²) in [6, 6.07) is 7.17. The van der Waals surface area contributed by atoms with Gasteiger partial charge in [-0.1, -0.05) is 29.3 Å². The van der Waals surface area contributed by atoms with Crippen LogP contribution in [0.1, 0.15) is 5.56 Å². The van der Waals surface area contributed by atoms with E-state index in [9.17, 15) is 0 Å². The van der Waals surface area contributed by atoms with Crippen LogP contribution in [0.5, 0.6) is 0 Å². The summed E-state index contributed by atoms with van der Waals surface area (Å²) < 4.78 is 0. The first kappa shape index (κ1) is 12.0. The van der Waals surface area contributed by atoms with Crippen molar-refractivity contribution in [3.63, 3.8) is 0 Å². The van der Waals surface area contributed by atoms with E-state index in [1.54, 1.807) is 6.07 Å². The second kappa shape index (κ2) is 4.77. The molecule has 3 N–H and O–H groups in total. The quantitative estimate of drug-likeness (QED) is 0.820. The van der Waals surface area contributed by atoms with Gasteiger partial charge in [-0.2, -0.15) is 4.98 Å². The Labute approximate surface area is 109 Å². The van der Waals surface area contributed by atoms with Crippen LogP contribution in [-0.2, 0) is 0 Å². The van der Waals surface area contributed by atoms with Crippen molar-refractivity contribution in [2.75, 3.05) is 11.1 Å². The van der Waals surface area contributed by atoms with Gasteiger partial charge >= 0.3 is 0 Å². The number of nitrogens with zero attached hydrogens (tertiary/aromatic N) is 2. The Morgan fingerprint density at radius 1 is 1.24 bits per heavy atom. The van der Waals surface area contributed by atoms with Crippen molar-refractivity contribution < 1.29 is 0 Å². The molecule has 0 aliphatic carbocycles. The fourth-order valence-corrected chi connectivity index (χ4v) is 1.74. The molecule has 0 spiro atoms. The molecule has 1 heterocycles. The van der Waals surface area contributed by atoms with Crippen LogP contribution >= 0.6 is 23.2 Å². The predicted molar refractivity (Wildman–Crippen MR) is 70.9 cm³/mol. The molecule has 1 aromatic carbocycles. The molecule has 0 aliphatic heterocycles. The van der Waals surface area contributed by atoms with Crippen LogP contribution in [0, 0.1) is 6.92 Å². The number of benzene rings is 1. The number of nitrogens with two attached hydrogens (primary N) is 1. The lowest BCUT2D eigenvalue weighted by Gasteiger charge is -2.10. The average molecular weight is 269 g/mol. The van der Waals surface area contributed by atoms with E-state index in [1.165, 1.54) is 0 Å². The summed E-state index contributed by atoms with van der Waals surface area (Å²) in [6.45, 7) is 1.91. The number of aromatic nitrogens is 2. The van der Waals surface area contributed by atoms with E-state index in [0.717, 1.165) is 11.3 Å². The van der Waals surface area contributed by atoms with Gasteiger partial charge in [0.05, 0.1) is 0 Å². The second-order valence-corrected chi connectivity index (χ2v) is 4.27. The number of nitrogen functional groups attached to an aromatic ring is 1. The zero-order chi connectivity index (χ0) is 12.4. The van der Waals surface area contributed by atoms with Crippen molar-refractivity contribution in [3.8, 4) is 0 Å². The number of rotatable bonds is 2. The maximum atomic E-state index is 6.02. The molecule has 17 heavy (non-hydrogen) atoms. The third kappa shape index (κ3) is 2.78. The Balaban J connectivity index is 2.34. The fraction of sp³-hybridized carbons (Fsp3) is 0.0909. The number of hydrogen-bond donors (Lipinski definition) is 2. The summed E-state index contributed by atoms with van der Waals surface area (Å²) >= 11 is 11.8. The summed E-state index contributed by atoms with van der Waals surface area (Å²) in [5.41, 5.74) is 7.29. The molecule has 0 amide bonds. The van der Waals surface area contributed by atoms with Crippen molar-refractivity contribution in [1.29, 1.82) is 0 Å². The van der Waals surface area contributed by atoms with Crippen LogP contribution in [0.3, 0.4) is 0 Å². The minimum Gasteiger partial charge on any atom is -0.368 e. The smallest absolute Gasteiger partial charge is 0.223 e. The Bertz CT molecular complexity index is 537. The second-order valence-electron chi connectivity index (χ2n) is 3.47. The van der Waals surface area contributed by atoms with Crippen molar-refractivity contribution in [2.45, 2.75) is 6.92 Å². The molecule has 0 bridgehead atoms. The molecule has 88 valence electrons. The van der Waals surface area contributed by atoms with Crippen LogP contribution in [0.25, 0.3) is 0 Å². The first-order valence-electron chi connectivity index (χ1n) is 4.88. The van der Waals surface area contributed by atoms with Crippen molar-refractivity contribution in [2.24, 2.45) is 0 Å². The van der Waals surface area contributed by atoms with Gasteiger partial charge in [0, 0.05) is 16.8 Å². The Hall–Kier alpha value is -1.52. The molecule has 6 heteroatoms. The fourth-order valence-electron chi connectivity index (χ4n) is 1.38. The van der Waals surface area contributed by atoms with Gasteiger partial charge in [0.2, 0.25) is 5.95 Å². The molecule has 4 nitrogen and oxygen atoms in total. The number of hydrogen-bond acceptors (Lipinski definition) is 4. The van der Waals surface area contributed by atoms with Gasteiger partial charge in [-0.05, 0) is 24.6 Å². The average Bonchev–Trinajstić information content (AvgIpc) is 2.23. The van der Waals surface area contributed by atoms with Gasteiger partial charge in [-0.3, -0.25) is 0 Å². The van der Waals surface area contributed by atoms with Crippen LogP contribution in [0.4, 0.5) is 17.5 Å². The highest BCUT2D eigenvalue weighted by Gasteiger charge is 2.05. The van der Waals surface area contributed by atoms with E-state index in [-0.39, 0.29) is 5.95 Å². The molecule has 1 aromatic heterocycles. The number of nitrogens with one attached hydrogen (secondary N) is 1.